The highest BCUT2D eigenvalue weighted by Gasteiger charge is 2.19. The Kier molecular flexibility index (Phi) is 5.31. The fourth-order valence-corrected chi connectivity index (χ4v) is 2.14. The van der Waals surface area contributed by atoms with E-state index >= 15 is 0 Å². The number of ether oxygens (including phenoxy) is 1. The quantitative estimate of drug-likeness (QED) is 0.822. The molecule has 1 aromatic carbocycles. The molecule has 0 unspecified atom stereocenters. The summed E-state index contributed by atoms with van der Waals surface area (Å²) < 4.78 is 7.23. The number of rotatable bonds is 6. The van der Waals surface area contributed by atoms with Crippen LogP contribution >= 0.6 is 0 Å². The first kappa shape index (κ1) is 16.5. The number of nitriles is 1. The van der Waals surface area contributed by atoms with E-state index in [2.05, 4.69) is 15.6 Å². The molecule has 0 spiro atoms. The van der Waals surface area contributed by atoms with Gasteiger partial charge in [-0.15, -0.1) is 5.10 Å². The lowest BCUT2D eigenvalue weighted by atomic mass is 10.2. The van der Waals surface area contributed by atoms with Crippen molar-refractivity contribution in [2.45, 2.75) is 33.3 Å². The number of hydrogen-bond acceptors (Lipinski definition) is 5. The normalized spacial score (nSPS) is 10.4. The van der Waals surface area contributed by atoms with Crippen LogP contribution in [0.25, 0.3) is 5.69 Å². The number of nitrogens with one attached hydrogen (secondary N) is 1. The molecule has 0 radical (unpaired) electrons. The molecule has 0 aliphatic carbocycles. The van der Waals surface area contributed by atoms with E-state index in [1.54, 1.807) is 4.68 Å². The van der Waals surface area contributed by atoms with Crippen LogP contribution in [0.1, 0.15) is 37.0 Å². The Bertz CT molecular complexity index is 713. The molecule has 23 heavy (non-hydrogen) atoms. The Balaban J connectivity index is 2.28. The molecule has 2 rings (SSSR count). The summed E-state index contributed by atoms with van der Waals surface area (Å²) in [5.41, 5.74) is 1.73. The number of benzene rings is 1. The molecule has 0 aliphatic rings. The van der Waals surface area contributed by atoms with Crippen LogP contribution in [0.15, 0.2) is 24.3 Å². The second-order valence-electron chi connectivity index (χ2n) is 5.15. The molecule has 1 aromatic heterocycles. The molecule has 0 saturated heterocycles. The highest BCUT2D eigenvalue weighted by atomic mass is 16.5. The fraction of sp³-hybridized carbons (Fsp3) is 0.375. The van der Waals surface area contributed by atoms with Gasteiger partial charge in [0.25, 0.3) is 5.91 Å². The van der Waals surface area contributed by atoms with Gasteiger partial charge in [0, 0.05) is 0 Å². The minimum absolute atomic E-state index is 0.0594. The summed E-state index contributed by atoms with van der Waals surface area (Å²) in [7, 11) is 0. The van der Waals surface area contributed by atoms with Crippen molar-refractivity contribution in [1.82, 2.24) is 20.3 Å². The first-order chi connectivity index (χ1) is 11.1. The van der Waals surface area contributed by atoms with E-state index in [1.807, 2.05) is 51.1 Å². The number of amides is 1. The summed E-state index contributed by atoms with van der Waals surface area (Å²) >= 11 is 0. The first-order valence-electron chi connectivity index (χ1n) is 7.43. The van der Waals surface area contributed by atoms with Crippen LogP contribution in [-0.2, 0) is 6.42 Å². The van der Waals surface area contributed by atoms with Gasteiger partial charge in [-0.3, -0.25) is 4.79 Å². The zero-order valence-electron chi connectivity index (χ0n) is 13.4. The maximum Gasteiger partial charge on any atom is 0.274 e. The van der Waals surface area contributed by atoms with E-state index in [1.165, 1.54) is 0 Å². The van der Waals surface area contributed by atoms with E-state index < -0.39 is 5.91 Å². The second kappa shape index (κ2) is 7.40. The van der Waals surface area contributed by atoms with Gasteiger partial charge in [0.2, 0.25) is 0 Å². The molecule has 0 atom stereocenters. The summed E-state index contributed by atoms with van der Waals surface area (Å²) in [4.78, 5) is 12.0. The molecular formula is C16H19N5O2. The third-order valence-electron chi connectivity index (χ3n) is 3.09. The SMILES string of the molecule is CCc1c(C(=O)NCC#N)nnn1-c1ccc(OC(C)C)cc1. The van der Waals surface area contributed by atoms with Crippen LogP contribution in [-0.4, -0.2) is 33.5 Å². The van der Waals surface area contributed by atoms with Crippen molar-refractivity contribution in [2.24, 2.45) is 0 Å². The fourth-order valence-electron chi connectivity index (χ4n) is 2.14. The number of carbonyl (C=O) groups excluding carboxylic acids is 1. The van der Waals surface area contributed by atoms with Crippen molar-refractivity contribution in [3.05, 3.63) is 35.7 Å². The Morgan fingerprint density at radius 3 is 2.65 bits per heavy atom. The zero-order valence-corrected chi connectivity index (χ0v) is 13.4. The topological polar surface area (TPSA) is 92.8 Å². The lowest BCUT2D eigenvalue weighted by molar-refractivity contribution is 0.0952. The predicted molar refractivity (Wildman–Crippen MR) is 84.4 cm³/mol. The molecule has 120 valence electrons. The van der Waals surface area contributed by atoms with Gasteiger partial charge >= 0.3 is 0 Å². The molecule has 2 aromatic rings. The van der Waals surface area contributed by atoms with E-state index in [4.69, 9.17) is 10.00 Å². The van der Waals surface area contributed by atoms with Gasteiger partial charge in [-0.05, 0) is 44.5 Å². The molecule has 0 aliphatic heterocycles. The Morgan fingerprint density at radius 1 is 1.39 bits per heavy atom. The van der Waals surface area contributed by atoms with Crippen molar-refractivity contribution in [3.63, 3.8) is 0 Å². The average molecular weight is 313 g/mol. The molecule has 0 bridgehead atoms. The van der Waals surface area contributed by atoms with Crippen molar-refractivity contribution in [1.29, 1.82) is 5.26 Å². The number of hydrogen-bond donors (Lipinski definition) is 1. The van der Waals surface area contributed by atoms with Gasteiger partial charge in [0.1, 0.15) is 12.3 Å². The summed E-state index contributed by atoms with van der Waals surface area (Å²) in [6, 6.07) is 9.30. The largest absolute Gasteiger partial charge is 0.491 e. The van der Waals surface area contributed by atoms with Gasteiger partial charge in [0.05, 0.1) is 23.6 Å². The minimum atomic E-state index is -0.394. The van der Waals surface area contributed by atoms with E-state index in [-0.39, 0.29) is 18.3 Å². The van der Waals surface area contributed by atoms with Crippen LogP contribution in [0, 0.1) is 11.3 Å². The van der Waals surface area contributed by atoms with Gasteiger partial charge in [-0.1, -0.05) is 12.1 Å². The molecule has 1 heterocycles. The highest BCUT2D eigenvalue weighted by molar-refractivity contribution is 5.93. The Hall–Kier alpha value is -2.88. The van der Waals surface area contributed by atoms with Gasteiger partial charge in [0.15, 0.2) is 5.69 Å². The van der Waals surface area contributed by atoms with Gasteiger partial charge < -0.3 is 10.1 Å². The maximum absolute atomic E-state index is 12.0. The highest BCUT2D eigenvalue weighted by Crippen LogP contribution is 2.18. The monoisotopic (exact) mass is 313 g/mol. The van der Waals surface area contributed by atoms with Crippen LogP contribution < -0.4 is 10.1 Å². The number of nitrogens with zero attached hydrogens (tertiary/aromatic N) is 4. The molecular weight excluding hydrogens is 294 g/mol. The van der Waals surface area contributed by atoms with Crippen LogP contribution in [0.5, 0.6) is 5.75 Å². The maximum atomic E-state index is 12.0. The molecule has 7 heteroatoms. The van der Waals surface area contributed by atoms with Crippen molar-refractivity contribution in [3.8, 4) is 17.5 Å². The third kappa shape index (κ3) is 3.86. The van der Waals surface area contributed by atoms with E-state index in [0.717, 1.165) is 11.4 Å². The van der Waals surface area contributed by atoms with Gasteiger partial charge in [-0.25, -0.2) is 4.68 Å². The van der Waals surface area contributed by atoms with Crippen molar-refractivity contribution in [2.75, 3.05) is 6.54 Å². The first-order valence-corrected chi connectivity index (χ1v) is 7.43. The summed E-state index contributed by atoms with van der Waals surface area (Å²) in [6.07, 6.45) is 0.695. The van der Waals surface area contributed by atoms with E-state index in [0.29, 0.717) is 12.1 Å². The van der Waals surface area contributed by atoms with Crippen LogP contribution in [0.4, 0.5) is 0 Å². The third-order valence-corrected chi connectivity index (χ3v) is 3.09. The molecule has 0 saturated carbocycles. The summed E-state index contributed by atoms with van der Waals surface area (Å²) in [6.45, 7) is 5.79. The number of aromatic nitrogens is 3. The Morgan fingerprint density at radius 2 is 2.09 bits per heavy atom. The standard InChI is InChI=1S/C16H19N5O2/c1-4-14-15(16(22)18-10-9-17)19-20-21(14)12-5-7-13(8-6-12)23-11(2)3/h5-8,11H,4,10H2,1-3H3,(H,18,22). The smallest absolute Gasteiger partial charge is 0.274 e. The van der Waals surface area contributed by atoms with Crippen molar-refractivity contribution >= 4 is 5.91 Å². The van der Waals surface area contributed by atoms with Crippen molar-refractivity contribution < 1.29 is 9.53 Å². The molecule has 0 fully saturated rings. The average Bonchev–Trinajstić information content (AvgIpc) is 2.96. The molecule has 1 N–H and O–H groups in total. The summed E-state index contributed by atoms with van der Waals surface area (Å²) in [5.74, 6) is 0.378. The molecule has 7 nitrogen and oxygen atoms in total. The van der Waals surface area contributed by atoms with E-state index in [9.17, 15) is 4.79 Å². The zero-order chi connectivity index (χ0) is 16.8. The minimum Gasteiger partial charge on any atom is -0.491 e. The predicted octanol–water partition coefficient (Wildman–Crippen LogP) is 1.87. The lowest BCUT2D eigenvalue weighted by Crippen LogP contribution is -2.25. The Labute approximate surface area is 134 Å². The summed E-state index contributed by atoms with van der Waals surface area (Å²) in [5, 5.41) is 19.0. The van der Waals surface area contributed by atoms with Crippen LogP contribution in [0.3, 0.4) is 0 Å². The second-order valence-corrected chi connectivity index (χ2v) is 5.15. The van der Waals surface area contributed by atoms with Gasteiger partial charge in [-0.2, -0.15) is 5.26 Å². The number of carbonyl (C=O) groups is 1. The van der Waals surface area contributed by atoms with Crippen LogP contribution in [0.2, 0.25) is 0 Å². The lowest BCUT2D eigenvalue weighted by Gasteiger charge is -2.11. The molecule has 1 amide bonds.